The molecule has 0 aromatic rings. The highest BCUT2D eigenvalue weighted by Crippen LogP contribution is 2.28. The summed E-state index contributed by atoms with van der Waals surface area (Å²) in [5.74, 6) is 1.12. The van der Waals surface area contributed by atoms with E-state index in [1.807, 2.05) is 0 Å². The number of aliphatic imine (C=N–C) groups is 1. The molecule has 0 radical (unpaired) electrons. The summed E-state index contributed by atoms with van der Waals surface area (Å²) >= 11 is 0. The molecule has 1 heterocycles. The Morgan fingerprint density at radius 1 is 1.19 bits per heavy atom. The first-order valence-corrected chi connectivity index (χ1v) is 8.78. The molecule has 0 unspecified atom stereocenters. The molecule has 0 saturated carbocycles. The Morgan fingerprint density at radius 2 is 1.90 bits per heavy atom. The van der Waals surface area contributed by atoms with Gasteiger partial charge in [-0.15, -0.1) is 0 Å². The van der Waals surface area contributed by atoms with Crippen molar-refractivity contribution >= 4 is 5.96 Å². The summed E-state index contributed by atoms with van der Waals surface area (Å²) < 4.78 is 0. The van der Waals surface area contributed by atoms with Crippen LogP contribution in [-0.2, 0) is 0 Å². The van der Waals surface area contributed by atoms with Crippen LogP contribution in [0.5, 0.6) is 0 Å². The standard InChI is InChI=1S/C17H36N4/c1-6-18-16(21-14-11-17(4,5)15-21)19-12-9-10-13-20(7-2)8-3/h6-15H2,1-5H3,(H,18,19). The van der Waals surface area contributed by atoms with Crippen molar-refractivity contribution in [2.24, 2.45) is 10.4 Å². The minimum atomic E-state index is 0.430. The Labute approximate surface area is 132 Å². The van der Waals surface area contributed by atoms with Crippen LogP contribution in [-0.4, -0.2) is 61.6 Å². The molecule has 1 aliphatic rings. The summed E-state index contributed by atoms with van der Waals surface area (Å²) in [4.78, 5) is 9.73. The van der Waals surface area contributed by atoms with Gasteiger partial charge in [-0.3, -0.25) is 4.99 Å². The quantitative estimate of drug-likeness (QED) is 0.424. The van der Waals surface area contributed by atoms with Crippen molar-refractivity contribution in [3.63, 3.8) is 0 Å². The van der Waals surface area contributed by atoms with Gasteiger partial charge in [0.2, 0.25) is 0 Å². The highest BCUT2D eigenvalue weighted by molar-refractivity contribution is 5.80. The smallest absolute Gasteiger partial charge is 0.193 e. The van der Waals surface area contributed by atoms with Gasteiger partial charge in [-0.05, 0) is 51.2 Å². The molecule has 1 saturated heterocycles. The number of likely N-dealkylation sites (tertiary alicyclic amines) is 1. The third kappa shape index (κ3) is 6.68. The SMILES string of the molecule is CCNC(=NCCCCN(CC)CC)N1CCC(C)(C)C1. The van der Waals surface area contributed by atoms with Gasteiger partial charge in [-0.25, -0.2) is 0 Å². The Hall–Kier alpha value is -0.770. The van der Waals surface area contributed by atoms with Gasteiger partial charge in [0.25, 0.3) is 0 Å². The van der Waals surface area contributed by atoms with Crippen molar-refractivity contribution in [3.8, 4) is 0 Å². The zero-order valence-corrected chi connectivity index (χ0v) is 14.9. The second kappa shape index (κ2) is 9.29. The van der Waals surface area contributed by atoms with Crippen LogP contribution in [0.3, 0.4) is 0 Å². The predicted octanol–water partition coefficient (Wildman–Crippen LogP) is 2.81. The van der Waals surface area contributed by atoms with Crippen molar-refractivity contribution in [1.82, 2.24) is 15.1 Å². The first-order chi connectivity index (χ1) is 10.0. The molecule has 4 nitrogen and oxygen atoms in total. The number of rotatable bonds is 8. The number of nitrogens with one attached hydrogen (secondary N) is 1. The average molecular weight is 297 g/mol. The van der Waals surface area contributed by atoms with Crippen LogP contribution in [0.2, 0.25) is 0 Å². The van der Waals surface area contributed by atoms with Gasteiger partial charge < -0.3 is 15.1 Å². The maximum Gasteiger partial charge on any atom is 0.193 e. The Balaban J connectivity index is 2.35. The molecule has 1 rings (SSSR count). The van der Waals surface area contributed by atoms with E-state index in [0.717, 1.165) is 45.2 Å². The molecule has 0 aromatic carbocycles. The lowest BCUT2D eigenvalue weighted by Gasteiger charge is -2.23. The summed E-state index contributed by atoms with van der Waals surface area (Å²) in [6, 6.07) is 0. The van der Waals surface area contributed by atoms with Gasteiger partial charge >= 0.3 is 0 Å². The van der Waals surface area contributed by atoms with Gasteiger partial charge in [0, 0.05) is 26.2 Å². The lowest BCUT2D eigenvalue weighted by atomic mass is 9.93. The van der Waals surface area contributed by atoms with Crippen molar-refractivity contribution < 1.29 is 0 Å². The van der Waals surface area contributed by atoms with Gasteiger partial charge in [-0.2, -0.15) is 0 Å². The molecule has 0 spiro atoms. The topological polar surface area (TPSA) is 30.9 Å². The van der Waals surface area contributed by atoms with Crippen LogP contribution in [0, 0.1) is 5.41 Å². The van der Waals surface area contributed by atoms with Crippen molar-refractivity contribution in [2.75, 3.05) is 45.8 Å². The van der Waals surface area contributed by atoms with E-state index in [1.165, 1.54) is 25.8 Å². The highest BCUT2D eigenvalue weighted by atomic mass is 15.3. The maximum atomic E-state index is 4.82. The van der Waals surface area contributed by atoms with E-state index < -0.39 is 0 Å². The van der Waals surface area contributed by atoms with Crippen LogP contribution >= 0.6 is 0 Å². The lowest BCUT2D eigenvalue weighted by molar-refractivity contribution is 0.297. The molecule has 21 heavy (non-hydrogen) atoms. The predicted molar refractivity (Wildman–Crippen MR) is 93.0 cm³/mol. The fourth-order valence-electron chi connectivity index (χ4n) is 2.89. The van der Waals surface area contributed by atoms with Gasteiger partial charge in [0.05, 0.1) is 0 Å². The molecule has 0 aliphatic carbocycles. The summed E-state index contributed by atoms with van der Waals surface area (Å²) in [6.07, 6.45) is 3.69. The maximum absolute atomic E-state index is 4.82. The number of unbranched alkanes of at least 4 members (excludes halogenated alkanes) is 1. The van der Waals surface area contributed by atoms with Gasteiger partial charge in [0.15, 0.2) is 5.96 Å². The summed E-state index contributed by atoms with van der Waals surface area (Å²) in [7, 11) is 0. The molecule has 0 bridgehead atoms. The van der Waals surface area contributed by atoms with Crippen molar-refractivity contribution in [1.29, 1.82) is 0 Å². The first-order valence-electron chi connectivity index (χ1n) is 8.78. The number of guanidine groups is 1. The molecule has 0 amide bonds. The van der Waals surface area contributed by atoms with Crippen LogP contribution in [0.1, 0.15) is 53.9 Å². The average Bonchev–Trinajstić information content (AvgIpc) is 2.82. The molecule has 1 aliphatic heterocycles. The van der Waals surface area contributed by atoms with Crippen LogP contribution < -0.4 is 5.32 Å². The third-order valence-corrected chi connectivity index (χ3v) is 4.35. The minimum absolute atomic E-state index is 0.430. The number of nitrogens with zero attached hydrogens (tertiary/aromatic N) is 3. The van der Waals surface area contributed by atoms with E-state index >= 15 is 0 Å². The van der Waals surface area contributed by atoms with E-state index in [9.17, 15) is 0 Å². The zero-order valence-electron chi connectivity index (χ0n) is 14.9. The molecule has 1 N–H and O–H groups in total. The molecular formula is C17H36N4. The van der Waals surface area contributed by atoms with E-state index in [4.69, 9.17) is 4.99 Å². The highest BCUT2D eigenvalue weighted by Gasteiger charge is 2.30. The second-order valence-electron chi connectivity index (χ2n) is 6.81. The van der Waals surface area contributed by atoms with E-state index in [2.05, 4.69) is 49.7 Å². The van der Waals surface area contributed by atoms with Crippen LogP contribution in [0.4, 0.5) is 0 Å². The molecule has 0 aromatic heterocycles. The molecule has 4 heteroatoms. The van der Waals surface area contributed by atoms with Gasteiger partial charge in [-0.1, -0.05) is 27.7 Å². The van der Waals surface area contributed by atoms with Crippen LogP contribution in [0.25, 0.3) is 0 Å². The second-order valence-corrected chi connectivity index (χ2v) is 6.81. The Bertz CT molecular complexity index is 308. The largest absolute Gasteiger partial charge is 0.357 e. The van der Waals surface area contributed by atoms with E-state index in [-0.39, 0.29) is 0 Å². The normalized spacial score (nSPS) is 18.6. The van der Waals surface area contributed by atoms with Crippen LogP contribution in [0.15, 0.2) is 4.99 Å². The molecule has 0 atom stereocenters. The summed E-state index contributed by atoms with van der Waals surface area (Å²) in [5.41, 5.74) is 0.430. The summed E-state index contributed by atoms with van der Waals surface area (Å²) in [6.45, 7) is 19.0. The zero-order chi connectivity index (χ0) is 15.7. The first kappa shape index (κ1) is 18.3. The van der Waals surface area contributed by atoms with Crippen molar-refractivity contribution in [3.05, 3.63) is 0 Å². The monoisotopic (exact) mass is 296 g/mol. The lowest BCUT2D eigenvalue weighted by Crippen LogP contribution is -2.40. The van der Waals surface area contributed by atoms with Crippen molar-refractivity contribution in [2.45, 2.75) is 53.9 Å². The number of hydrogen-bond acceptors (Lipinski definition) is 2. The third-order valence-electron chi connectivity index (χ3n) is 4.35. The Morgan fingerprint density at radius 3 is 2.43 bits per heavy atom. The molecular weight excluding hydrogens is 260 g/mol. The minimum Gasteiger partial charge on any atom is -0.357 e. The van der Waals surface area contributed by atoms with E-state index in [0.29, 0.717) is 5.41 Å². The van der Waals surface area contributed by atoms with E-state index in [1.54, 1.807) is 0 Å². The molecule has 1 fully saturated rings. The Kier molecular flexibility index (Phi) is 8.09. The van der Waals surface area contributed by atoms with Gasteiger partial charge in [0.1, 0.15) is 0 Å². The molecule has 124 valence electrons. The number of hydrogen-bond donors (Lipinski definition) is 1. The fourth-order valence-corrected chi connectivity index (χ4v) is 2.89. The fraction of sp³-hybridized carbons (Fsp3) is 0.941. The summed E-state index contributed by atoms with van der Waals surface area (Å²) in [5, 5.41) is 3.45.